The zero-order valence-corrected chi connectivity index (χ0v) is 10.4. The first kappa shape index (κ1) is 12.6. The van der Waals surface area contributed by atoms with Gasteiger partial charge in [-0.15, -0.1) is 11.8 Å². The summed E-state index contributed by atoms with van der Waals surface area (Å²) in [5.74, 6) is 0. The van der Waals surface area contributed by atoms with Gasteiger partial charge in [0, 0.05) is 12.0 Å². The van der Waals surface area contributed by atoms with E-state index >= 15 is 0 Å². The molecule has 2 nitrogen and oxygen atoms in total. The summed E-state index contributed by atoms with van der Waals surface area (Å²) in [4.78, 5) is 1.30. The normalized spacial score (nSPS) is 12.7. The van der Waals surface area contributed by atoms with Crippen molar-refractivity contribution in [3.63, 3.8) is 0 Å². The van der Waals surface area contributed by atoms with Gasteiger partial charge in [-0.05, 0) is 30.5 Å². The lowest BCUT2D eigenvalue weighted by Crippen LogP contribution is -2.24. The molecule has 1 rings (SSSR count). The number of nitrogens with one attached hydrogen (secondary N) is 1. The topological polar surface area (TPSA) is 21.3 Å². The van der Waals surface area contributed by atoms with E-state index in [4.69, 9.17) is 4.74 Å². The van der Waals surface area contributed by atoms with E-state index in [1.807, 2.05) is 0 Å². The summed E-state index contributed by atoms with van der Waals surface area (Å²) in [6, 6.07) is 8.94. The highest BCUT2D eigenvalue weighted by Crippen LogP contribution is 2.19. The molecule has 0 aliphatic rings. The minimum Gasteiger partial charge on any atom is -0.383 e. The highest BCUT2D eigenvalue weighted by Gasteiger charge is 2.08. The lowest BCUT2D eigenvalue weighted by molar-refractivity contribution is 0.168. The molecule has 1 aromatic carbocycles. The van der Waals surface area contributed by atoms with Crippen LogP contribution in [0, 0.1) is 0 Å². The highest BCUT2D eigenvalue weighted by molar-refractivity contribution is 7.98. The van der Waals surface area contributed by atoms with Gasteiger partial charge in [-0.2, -0.15) is 0 Å². The second kappa shape index (κ2) is 6.88. The first-order chi connectivity index (χ1) is 7.31. The van der Waals surface area contributed by atoms with E-state index in [2.05, 4.69) is 42.8 Å². The van der Waals surface area contributed by atoms with Crippen LogP contribution >= 0.6 is 11.8 Å². The Hall–Kier alpha value is -0.510. The molecule has 0 spiro atoms. The Morgan fingerprint density at radius 2 is 2.00 bits per heavy atom. The Morgan fingerprint density at radius 3 is 2.47 bits per heavy atom. The van der Waals surface area contributed by atoms with Crippen molar-refractivity contribution in [2.75, 3.05) is 26.5 Å². The number of methoxy groups -OCH3 is 1. The molecule has 0 radical (unpaired) electrons. The molecule has 3 heteroatoms. The second-order valence-corrected chi connectivity index (χ2v) is 4.22. The zero-order valence-electron chi connectivity index (χ0n) is 9.62. The summed E-state index contributed by atoms with van der Waals surface area (Å²) in [6.45, 7) is 3.78. The van der Waals surface area contributed by atoms with E-state index in [-0.39, 0.29) is 0 Å². The van der Waals surface area contributed by atoms with E-state index in [1.54, 1.807) is 18.9 Å². The van der Waals surface area contributed by atoms with Crippen LogP contribution < -0.4 is 5.32 Å². The van der Waals surface area contributed by atoms with Crippen LogP contribution in [0.25, 0.3) is 0 Å². The molecule has 0 aromatic heterocycles. The van der Waals surface area contributed by atoms with Crippen LogP contribution in [-0.4, -0.2) is 26.5 Å². The van der Waals surface area contributed by atoms with Gasteiger partial charge in [0.25, 0.3) is 0 Å². The van der Waals surface area contributed by atoms with Crippen LogP contribution in [0.5, 0.6) is 0 Å². The number of ether oxygens (including phenoxy) is 1. The average Bonchev–Trinajstić information content (AvgIpc) is 2.29. The third-order valence-electron chi connectivity index (χ3n) is 2.30. The maximum absolute atomic E-state index is 5.20. The fraction of sp³-hybridized carbons (Fsp3) is 0.500. The highest BCUT2D eigenvalue weighted by atomic mass is 32.2. The summed E-state index contributed by atoms with van der Waals surface area (Å²) in [5, 5.41) is 3.41. The Morgan fingerprint density at radius 1 is 1.33 bits per heavy atom. The predicted octanol–water partition coefficient (Wildman–Crippen LogP) is 2.71. The van der Waals surface area contributed by atoms with Gasteiger partial charge in [0.05, 0.1) is 12.6 Å². The first-order valence-electron chi connectivity index (χ1n) is 5.18. The molecule has 0 saturated carbocycles. The van der Waals surface area contributed by atoms with Gasteiger partial charge in [-0.25, -0.2) is 0 Å². The molecule has 1 N–H and O–H groups in total. The Bertz CT molecular complexity index is 267. The van der Waals surface area contributed by atoms with Crippen LogP contribution in [0.1, 0.15) is 18.5 Å². The molecule has 0 bridgehead atoms. The van der Waals surface area contributed by atoms with Crippen molar-refractivity contribution in [1.82, 2.24) is 5.32 Å². The average molecular weight is 225 g/mol. The maximum atomic E-state index is 5.20. The molecule has 84 valence electrons. The van der Waals surface area contributed by atoms with E-state index in [0.29, 0.717) is 12.6 Å². The van der Waals surface area contributed by atoms with Crippen LogP contribution in [0.15, 0.2) is 29.2 Å². The van der Waals surface area contributed by atoms with Gasteiger partial charge in [0.1, 0.15) is 0 Å². The minimum absolute atomic E-state index is 0.302. The number of hydrogen-bond donors (Lipinski definition) is 1. The molecule has 1 unspecified atom stereocenters. The number of rotatable bonds is 6. The number of thioether (sulfide) groups is 1. The molecular formula is C12H19NOS. The zero-order chi connectivity index (χ0) is 11.1. The van der Waals surface area contributed by atoms with Crippen molar-refractivity contribution in [3.05, 3.63) is 29.8 Å². The fourth-order valence-electron chi connectivity index (χ4n) is 1.52. The molecule has 0 fully saturated rings. The molecular weight excluding hydrogens is 206 g/mol. The van der Waals surface area contributed by atoms with Gasteiger partial charge >= 0.3 is 0 Å². The second-order valence-electron chi connectivity index (χ2n) is 3.34. The third-order valence-corrected chi connectivity index (χ3v) is 3.05. The van der Waals surface area contributed by atoms with Crippen molar-refractivity contribution in [2.24, 2.45) is 0 Å². The Kier molecular flexibility index (Phi) is 5.76. The molecule has 1 aromatic rings. The monoisotopic (exact) mass is 225 g/mol. The standard InChI is InChI=1S/C12H19NOS/c1-4-13-12(9-14-2)10-5-7-11(15-3)8-6-10/h5-8,12-13H,4,9H2,1-3H3. The number of benzene rings is 1. The van der Waals surface area contributed by atoms with Gasteiger partial charge in [-0.1, -0.05) is 19.1 Å². The van der Waals surface area contributed by atoms with E-state index in [9.17, 15) is 0 Å². The van der Waals surface area contributed by atoms with Gasteiger partial charge in [0.2, 0.25) is 0 Å². The summed E-state index contributed by atoms with van der Waals surface area (Å²) in [5.41, 5.74) is 1.29. The molecule has 1 atom stereocenters. The lowest BCUT2D eigenvalue weighted by Gasteiger charge is -2.17. The van der Waals surface area contributed by atoms with Crippen molar-refractivity contribution in [1.29, 1.82) is 0 Å². The van der Waals surface area contributed by atoms with Gasteiger partial charge in [-0.3, -0.25) is 0 Å². The van der Waals surface area contributed by atoms with Crippen LogP contribution in [0.4, 0.5) is 0 Å². The van der Waals surface area contributed by atoms with Crippen LogP contribution in [0.3, 0.4) is 0 Å². The Balaban J connectivity index is 2.72. The van der Waals surface area contributed by atoms with E-state index in [1.165, 1.54) is 10.5 Å². The van der Waals surface area contributed by atoms with E-state index in [0.717, 1.165) is 6.54 Å². The fourth-order valence-corrected chi connectivity index (χ4v) is 1.93. The van der Waals surface area contributed by atoms with Crippen molar-refractivity contribution in [2.45, 2.75) is 17.9 Å². The third kappa shape index (κ3) is 3.86. The first-order valence-corrected chi connectivity index (χ1v) is 6.40. The van der Waals surface area contributed by atoms with E-state index < -0.39 is 0 Å². The van der Waals surface area contributed by atoms with Crippen LogP contribution in [0.2, 0.25) is 0 Å². The molecule has 0 saturated heterocycles. The quantitative estimate of drug-likeness (QED) is 0.752. The maximum Gasteiger partial charge on any atom is 0.0657 e. The summed E-state index contributed by atoms with van der Waals surface area (Å²) in [6.07, 6.45) is 2.09. The predicted molar refractivity (Wildman–Crippen MR) is 66.5 cm³/mol. The summed E-state index contributed by atoms with van der Waals surface area (Å²) >= 11 is 1.76. The molecule has 0 aliphatic heterocycles. The largest absolute Gasteiger partial charge is 0.383 e. The number of likely N-dealkylation sites (N-methyl/N-ethyl adjacent to an activating group) is 1. The van der Waals surface area contributed by atoms with Crippen molar-refractivity contribution in [3.8, 4) is 0 Å². The van der Waals surface area contributed by atoms with Crippen molar-refractivity contribution >= 4 is 11.8 Å². The number of hydrogen-bond acceptors (Lipinski definition) is 3. The Labute approximate surface area is 96.4 Å². The lowest BCUT2D eigenvalue weighted by atomic mass is 10.1. The smallest absolute Gasteiger partial charge is 0.0657 e. The minimum atomic E-state index is 0.302. The summed E-state index contributed by atoms with van der Waals surface area (Å²) in [7, 11) is 1.74. The summed E-state index contributed by atoms with van der Waals surface area (Å²) < 4.78 is 5.20. The molecule has 0 heterocycles. The van der Waals surface area contributed by atoms with Crippen molar-refractivity contribution < 1.29 is 4.74 Å². The van der Waals surface area contributed by atoms with Crippen LogP contribution in [-0.2, 0) is 4.74 Å². The SMILES string of the molecule is CCNC(COC)c1ccc(SC)cc1. The molecule has 0 amide bonds. The van der Waals surface area contributed by atoms with Gasteiger partial charge in [0.15, 0.2) is 0 Å². The molecule has 15 heavy (non-hydrogen) atoms. The van der Waals surface area contributed by atoms with Gasteiger partial charge < -0.3 is 10.1 Å². The molecule has 0 aliphatic carbocycles.